The molecule has 0 spiro atoms. The Kier molecular flexibility index (Phi) is 4.52. The number of hydrogen-bond donors (Lipinski definition) is 0. The molecule has 1 fully saturated rings. The van der Waals surface area contributed by atoms with Crippen molar-refractivity contribution in [3.8, 4) is 0 Å². The van der Waals surface area contributed by atoms with Gasteiger partial charge in [0.15, 0.2) is 0 Å². The number of aromatic nitrogens is 1. The van der Waals surface area contributed by atoms with Gasteiger partial charge in [0.05, 0.1) is 6.42 Å². The van der Waals surface area contributed by atoms with Crippen molar-refractivity contribution in [3.05, 3.63) is 65.5 Å². The fourth-order valence-corrected chi connectivity index (χ4v) is 3.27. The summed E-state index contributed by atoms with van der Waals surface area (Å²) in [5, 5.41) is 0. The van der Waals surface area contributed by atoms with Crippen molar-refractivity contribution in [2.45, 2.75) is 32.1 Å². The van der Waals surface area contributed by atoms with Crippen LogP contribution in [0.15, 0.2) is 48.7 Å². The van der Waals surface area contributed by atoms with E-state index in [1.54, 1.807) is 6.20 Å². The molecule has 1 atom stereocenters. The molecule has 3 nitrogen and oxygen atoms in total. The van der Waals surface area contributed by atoms with Crippen LogP contribution in [-0.2, 0) is 11.2 Å². The smallest absolute Gasteiger partial charge is 0.228 e. The second-order valence-electron chi connectivity index (χ2n) is 6.03. The van der Waals surface area contributed by atoms with Gasteiger partial charge in [0, 0.05) is 30.9 Å². The maximum atomic E-state index is 12.5. The zero-order valence-corrected chi connectivity index (χ0v) is 13.0. The summed E-state index contributed by atoms with van der Waals surface area (Å²) in [4.78, 5) is 18.8. The molecule has 3 rings (SSSR count). The maximum Gasteiger partial charge on any atom is 0.228 e. The molecule has 2 aromatic rings. The lowest BCUT2D eigenvalue weighted by Crippen LogP contribution is -2.40. The number of nitrogens with zero attached hydrogens (tertiary/aromatic N) is 2. The molecule has 1 saturated heterocycles. The highest BCUT2D eigenvalue weighted by Gasteiger charge is 2.25. The number of carbonyl (C=O) groups is 1. The largest absolute Gasteiger partial charge is 0.342 e. The summed E-state index contributed by atoms with van der Waals surface area (Å²) >= 11 is 0. The van der Waals surface area contributed by atoms with E-state index in [9.17, 15) is 4.79 Å². The standard InChI is InChI=1S/C19H22N2O/c1-15-7-2-3-10-18(15)16-8-6-12-21(14-16)19(22)13-17-9-4-5-11-20-17/h2-5,7,9-11,16H,6,8,12-14H2,1H3. The van der Waals surface area contributed by atoms with Crippen molar-refractivity contribution in [2.24, 2.45) is 0 Å². The van der Waals surface area contributed by atoms with Gasteiger partial charge < -0.3 is 4.90 Å². The highest BCUT2D eigenvalue weighted by molar-refractivity contribution is 5.78. The molecule has 114 valence electrons. The molecule has 0 saturated carbocycles. The number of amides is 1. The summed E-state index contributed by atoms with van der Waals surface area (Å²) in [6.45, 7) is 3.86. The summed E-state index contributed by atoms with van der Waals surface area (Å²) in [5.74, 6) is 0.652. The summed E-state index contributed by atoms with van der Waals surface area (Å²) in [7, 11) is 0. The summed E-state index contributed by atoms with van der Waals surface area (Å²) in [6, 6.07) is 14.3. The minimum absolute atomic E-state index is 0.192. The second kappa shape index (κ2) is 6.73. The van der Waals surface area contributed by atoms with E-state index in [0.717, 1.165) is 31.6 Å². The van der Waals surface area contributed by atoms with Crippen LogP contribution >= 0.6 is 0 Å². The van der Waals surface area contributed by atoms with Gasteiger partial charge in [-0.1, -0.05) is 30.3 Å². The zero-order chi connectivity index (χ0) is 15.4. The normalized spacial score (nSPS) is 18.2. The molecule has 1 unspecified atom stereocenters. The van der Waals surface area contributed by atoms with E-state index in [4.69, 9.17) is 0 Å². The highest BCUT2D eigenvalue weighted by Crippen LogP contribution is 2.29. The van der Waals surface area contributed by atoms with Crippen molar-refractivity contribution in [1.29, 1.82) is 0 Å². The van der Waals surface area contributed by atoms with Gasteiger partial charge in [-0.2, -0.15) is 0 Å². The van der Waals surface area contributed by atoms with E-state index in [-0.39, 0.29) is 5.91 Å². The predicted molar refractivity (Wildman–Crippen MR) is 87.7 cm³/mol. The van der Waals surface area contributed by atoms with Gasteiger partial charge >= 0.3 is 0 Å². The van der Waals surface area contributed by atoms with Gasteiger partial charge in [0.25, 0.3) is 0 Å². The minimum atomic E-state index is 0.192. The Hall–Kier alpha value is -2.16. The first-order chi connectivity index (χ1) is 10.7. The van der Waals surface area contributed by atoms with Crippen molar-refractivity contribution in [3.63, 3.8) is 0 Å². The highest BCUT2D eigenvalue weighted by atomic mass is 16.2. The Morgan fingerprint density at radius 1 is 1.23 bits per heavy atom. The van der Waals surface area contributed by atoms with Crippen LogP contribution in [0.4, 0.5) is 0 Å². The summed E-state index contributed by atoms with van der Waals surface area (Å²) in [6.07, 6.45) is 4.39. The predicted octanol–water partition coefficient (Wildman–Crippen LogP) is 3.34. The molecule has 3 heteroatoms. The van der Waals surface area contributed by atoms with Crippen LogP contribution in [0, 0.1) is 6.92 Å². The number of piperidine rings is 1. The molecular formula is C19H22N2O. The summed E-state index contributed by atoms with van der Waals surface area (Å²) < 4.78 is 0. The van der Waals surface area contributed by atoms with Gasteiger partial charge in [0.2, 0.25) is 5.91 Å². The number of aryl methyl sites for hydroxylation is 1. The fraction of sp³-hybridized carbons (Fsp3) is 0.368. The van der Waals surface area contributed by atoms with Crippen molar-refractivity contribution in [2.75, 3.05) is 13.1 Å². The molecule has 1 aromatic carbocycles. The first kappa shape index (κ1) is 14.8. The summed E-state index contributed by atoms with van der Waals surface area (Å²) in [5.41, 5.74) is 3.56. The molecule has 22 heavy (non-hydrogen) atoms. The molecule has 0 N–H and O–H groups in total. The van der Waals surface area contributed by atoms with Gasteiger partial charge in [0.1, 0.15) is 0 Å². The third kappa shape index (κ3) is 3.35. The number of hydrogen-bond acceptors (Lipinski definition) is 2. The van der Waals surface area contributed by atoms with Crippen LogP contribution in [0.1, 0.15) is 35.6 Å². The third-order valence-electron chi connectivity index (χ3n) is 4.46. The molecule has 1 aliphatic heterocycles. The van der Waals surface area contributed by atoms with E-state index < -0.39 is 0 Å². The van der Waals surface area contributed by atoms with Gasteiger partial charge in [-0.25, -0.2) is 0 Å². The fourth-order valence-electron chi connectivity index (χ4n) is 3.27. The van der Waals surface area contributed by atoms with Crippen LogP contribution in [0.3, 0.4) is 0 Å². The lowest BCUT2D eigenvalue weighted by molar-refractivity contribution is -0.131. The lowest BCUT2D eigenvalue weighted by Gasteiger charge is -2.33. The average Bonchev–Trinajstić information content (AvgIpc) is 2.56. The minimum Gasteiger partial charge on any atom is -0.342 e. The lowest BCUT2D eigenvalue weighted by atomic mass is 9.88. The van der Waals surface area contributed by atoms with E-state index in [1.807, 2.05) is 23.1 Å². The number of carbonyl (C=O) groups excluding carboxylic acids is 1. The maximum absolute atomic E-state index is 12.5. The Morgan fingerprint density at radius 3 is 2.82 bits per heavy atom. The van der Waals surface area contributed by atoms with E-state index in [0.29, 0.717) is 12.3 Å². The number of pyridine rings is 1. The second-order valence-corrected chi connectivity index (χ2v) is 6.03. The monoisotopic (exact) mass is 294 g/mol. The zero-order valence-electron chi connectivity index (χ0n) is 13.0. The van der Waals surface area contributed by atoms with E-state index >= 15 is 0 Å². The van der Waals surface area contributed by atoms with Crippen molar-refractivity contribution < 1.29 is 4.79 Å². The van der Waals surface area contributed by atoms with Crippen LogP contribution in [0.25, 0.3) is 0 Å². The van der Waals surface area contributed by atoms with E-state index in [2.05, 4.69) is 36.2 Å². The van der Waals surface area contributed by atoms with Gasteiger partial charge in [-0.15, -0.1) is 0 Å². The van der Waals surface area contributed by atoms with Gasteiger partial charge in [-0.05, 0) is 43.0 Å². The quantitative estimate of drug-likeness (QED) is 0.870. The molecule has 2 heterocycles. The molecule has 0 bridgehead atoms. The third-order valence-corrected chi connectivity index (χ3v) is 4.46. The molecule has 1 amide bonds. The Morgan fingerprint density at radius 2 is 2.05 bits per heavy atom. The number of likely N-dealkylation sites (tertiary alicyclic amines) is 1. The van der Waals surface area contributed by atoms with Gasteiger partial charge in [-0.3, -0.25) is 9.78 Å². The Bertz CT molecular complexity index is 639. The van der Waals surface area contributed by atoms with Crippen LogP contribution < -0.4 is 0 Å². The molecule has 1 aromatic heterocycles. The average molecular weight is 294 g/mol. The molecule has 1 aliphatic rings. The van der Waals surface area contributed by atoms with E-state index in [1.165, 1.54) is 11.1 Å². The SMILES string of the molecule is Cc1ccccc1C1CCCN(C(=O)Cc2ccccn2)C1. The van der Waals surface area contributed by atoms with Crippen molar-refractivity contribution in [1.82, 2.24) is 9.88 Å². The number of benzene rings is 1. The molecule has 0 radical (unpaired) electrons. The molecule has 0 aliphatic carbocycles. The molecular weight excluding hydrogens is 272 g/mol. The topological polar surface area (TPSA) is 33.2 Å². The van der Waals surface area contributed by atoms with Crippen LogP contribution in [0.2, 0.25) is 0 Å². The van der Waals surface area contributed by atoms with Crippen molar-refractivity contribution >= 4 is 5.91 Å². The van der Waals surface area contributed by atoms with Crippen LogP contribution in [0.5, 0.6) is 0 Å². The first-order valence-electron chi connectivity index (χ1n) is 7.97. The number of rotatable bonds is 3. The Balaban J connectivity index is 1.68. The van der Waals surface area contributed by atoms with Crippen LogP contribution in [-0.4, -0.2) is 28.9 Å². The Labute approximate surface area is 132 Å². The first-order valence-corrected chi connectivity index (χ1v) is 7.97.